The van der Waals surface area contributed by atoms with Gasteiger partial charge < -0.3 is 20.3 Å². The number of fused-ring (bicyclic) bond motifs is 1. The largest absolute Gasteiger partial charge is 0.508 e. The summed E-state index contributed by atoms with van der Waals surface area (Å²) < 4.78 is 5.55. The number of ether oxygens (including phenoxy) is 1. The Morgan fingerprint density at radius 1 is 1.21 bits per heavy atom. The van der Waals surface area contributed by atoms with Crippen LogP contribution in [-0.2, 0) is 6.61 Å². The highest BCUT2D eigenvalue weighted by Crippen LogP contribution is 2.36. The number of aliphatic hydroxyl groups is 1. The van der Waals surface area contributed by atoms with E-state index in [2.05, 4.69) is 5.32 Å². The highest BCUT2D eigenvalue weighted by atomic mass is 16.5. The van der Waals surface area contributed by atoms with Crippen molar-refractivity contribution in [2.45, 2.75) is 12.6 Å². The maximum atomic E-state index is 9.41. The summed E-state index contributed by atoms with van der Waals surface area (Å²) in [6.07, 6.45) is 0. The van der Waals surface area contributed by atoms with E-state index in [9.17, 15) is 5.11 Å². The van der Waals surface area contributed by atoms with Gasteiger partial charge in [-0.15, -0.1) is 0 Å². The molecule has 0 fully saturated rings. The minimum atomic E-state index is 0.0289. The predicted molar refractivity (Wildman–Crippen MR) is 72.3 cm³/mol. The summed E-state index contributed by atoms with van der Waals surface area (Å²) in [6, 6.07) is 12.9. The molecule has 0 amide bonds. The van der Waals surface area contributed by atoms with Crippen LogP contribution in [0, 0.1) is 0 Å². The molecule has 0 bridgehead atoms. The second-order valence-corrected chi connectivity index (χ2v) is 4.59. The number of aliphatic hydroxyl groups excluding tert-OH is 1. The van der Waals surface area contributed by atoms with Crippen LogP contribution in [0.4, 0.5) is 5.69 Å². The number of nitrogens with one attached hydrogen (secondary N) is 1. The Labute approximate surface area is 111 Å². The zero-order valence-electron chi connectivity index (χ0n) is 10.3. The fourth-order valence-electron chi connectivity index (χ4n) is 2.28. The Morgan fingerprint density at radius 3 is 2.95 bits per heavy atom. The molecule has 1 aliphatic rings. The molecule has 1 atom stereocenters. The highest BCUT2D eigenvalue weighted by Gasteiger charge is 2.24. The second-order valence-electron chi connectivity index (χ2n) is 4.59. The number of benzene rings is 2. The highest BCUT2D eigenvalue weighted by molar-refractivity contribution is 5.52. The number of aromatic hydroxyl groups is 1. The molecular weight excluding hydrogens is 242 g/mol. The quantitative estimate of drug-likeness (QED) is 0.790. The SMILES string of the molecule is OCc1cccc(NC2COc3cc(O)ccc32)c1. The van der Waals surface area contributed by atoms with Crippen molar-refractivity contribution in [2.24, 2.45) is 0 Å². The second kappa shape index (κ2) is 4.82. The molecule has 4 heteroatoms. The average molecular weight is 257 g/mol. The number of phenols is 1. The van der Waals surface area contributed by atoms with Crippen molar-refractivity contribution in [1.82, 2.24) is 0 Å². The molecule has 2 aromatic carbocycles. The van der Waals surface area contributed by atoms with Gasteiger partial charge in [0, 0.05) is 17.3 Å². The molecule has 0 saturated heterocycles. The van der Waals surface area contributed by atoms with Crippen LogP contribution in [0.5, 0.6) is 11.5 Å². The van der Waals surface area contributed by atoms with Gasteiger partial charge in [0.25, 0.3) is 0 Å². The smallest absolute Gasteiger partial charge is 0.128 e. The van der Waals surface area contributed by atoms with E-state index in [1.165, 1.54) is 0 Å². The predicted octanol–water partition coefficient (Wildman–Crippen LogP) is 2.43. The van der Waals surface area contributed by atoms with E-state index in [1.54, 1.807) is 12.1 Å². The van der Waals surface area contributed by atoms with Crippen LogP contribution < -0.4 is 10.1 Å². The third-order valence-electron chi connectivity index (χ3n) is 3.23. The van der Waals surface area contributed by atoms with Gasteiger partial charge in [-0.2, -0.15) is 0 Å². The lowest BCUT2D eigenvalue weighted by atomic mass is 10.1. The third kappa shape index (κ3) is 2.35. The molecule has 0 saturated carbocycles. The Morgan fingerprint density at radius 2 is 2.11 bits per heavy atom. The summed E-state index contributed by atoms with van der Waals surface area (Å²) in [5.74, 6) is 0.928. The van der Waals surface area contributed by atoms with Crippen LogP contribution in [0.1, 0.15) is 17.2 Å². The minimum Gasteiger partial charge on any atom is -0.508 e. The van der Waals surface area contributed by atoms with Crippen molar-refractivity contribution < 1.29 is 14.9 Å². The van der Waals surface area contributed by atoms with Gasteiger partial charge in [-0.1, -0.05) is 12.1 Å². The van der Waals surface area contributed by atoms with E-state index in [0.717, 1.165) is 22.6 Å². The fraction of sp³-hybridized carbons (Fsp3) is 0.200. The fourth-order valence-corrected chi connectivity index (χ4v) is 2.28. The van der Waals surface area contributed by atoms with Gasteiger partial charge in [0.05, 0.1) is 12.6 Å². The first-order chi connectivity index (χ1) is 9.26. The molecule has 0 aliphatic carbocycles. The lowest BCUT2D eigenvalue weighted by Crippen LogP contribution is -2.12. The first-order valence-electron chi connectivity index (χ1n) is 6.18. The molecule has 1 aliphatic heterocycles. The van der Waals surface area contributed by atoms with Crippen molar-refractivity contribution >= 4 is 5.69 Å². The lowest BCUT2D eigenvalue weighted by molar-refractivity contribution is 0.282. The summed E-state index contributed by atoms with van der Waals surface area (Å²) >= 11 is 0. The van der Waals surface area contributed by atoms with E-state index in [1.807, 2.05) is 30.3 Å². The minimum absolute atomic E-state index is 0.0289. The van der Waals surface area contributed by atoms with Crippen molar-refractivity contribution in [3.05, 3.63) is 53.6 Å². The van der Waals surface area contributed by atoms with E-state index < -0.39 is 0 Å². The normalized spacial score (nSPS) is 16.8. The van der Waals surface area contributed by atoms with E-state index in [0.29, 0.717) is 6.61 Å². The molecule has 3 N–H and O–H groups in total. The molecule has 3 rings (SSSR count). The zero-order valence-corrected chi connectivity index (χ0v) is 10.3. The number of hydrogen-bond donors (Lipinski definition) is 3. The first-order valence-corrected chi connectivity index (χ1v) is 6.18. The molecule has 1 heterocycles. The Balaban J connectivity index is 1.82. The van der Waals surface area contributed by atoms with Gasteiger partial charge in [-0.25, -0.2) is 0 Å². The summed E-state index contributed by atoms with van der Waals surface area (Å²) in [4.78, 5) is 0. The van der Waals surface area contributed by atoms with Gasteiger partial charge in [-0.05, 0) is 29.8 Å². The number of hydrogen-bond acceptors (Lipinski definition) is 4. The summed E-state index contributed by atoms with van der Waals surface area (Å²) in [5, 5.41) is 21.9. The lowest BCUT2D eigenvalue weighted by Gasteiger charge is -2.13. The van der Waals surface area contributed by atoms with Crippen molar-refractivity contribution in [3.63, 3.8) is 0 Å². The van der Waals surface area contributed by atoms with E-state index in [-0.39, 0.29) is 18.4 Å². The average Bonchev–Trinajstić information content (AvgIpc) is 2.81. The monoisotopic (exact) mass is 257 g/mol. The topological polar surface area (TPSA) is 61.7 Å². The number of rotatable bonds is 3. The van der Waals surface area contributed by atoms with Gasteiger partial charge in [0.2, 0.25) is 0 Å². The molecule has 0 radical (unpaired) electrons. The molecule has 19 heavy (non-hydrogen) atoms. The van der Waals surface area contributed by atoms with Crippen LogP contribution in [0.25, 0.3) is 0 Å². The summed E-state index contributed by atoms with van der Waals surface area (Å²) in [6.45, 7) is 0.559. The molecular formula is C15H15NO3. The Hall–Kier alpha value is -2.20. The molecule has 0 aromatic heterocycles. The Kier molecular flexibility index (Phi) is 3.01. The molecule has 2 aromatic rings. The molecule has 98 valence electrons. The number of anilines is 1. The maximum Gasteiger partial charge on any atom is 0.128 e. The molecule has 0 spiro atoms. The van der Waals surface area contributed by atoms with Crippen LogP contribution >= 0.6 is 0 Å². The van der Waals surface area contributed by atoms with Crippen LogP contribution in [0.2, 0.25) is 0 Å². The zero-order chi connectivity index (χ0) is 13.2. The van der Waals surface area contributed by atoms with E-state index in [4.69, 9.17) is 9.84 Å². The first kappa shape index (κ1) is 11.9. The van der Waals surface area contributed by atoms with Crippen molar-refractivity contribution in [2.75, 3.05) is 11.9 Å². The van der Waals surface area contributed by atoms with Gasteiger partial charge >= 0.3 is 0 Å². The van der Waals surface area contributed by atoms with Gasteiger partial charge in [-0.3, -0.25) is 0 Å². The van der Waals surface area contributed by atoms with Gasteiger partial charge in [0.15, 0.2) is 0 Å². The standard InChI is InChI=1S/C15H15NO3/c17-8-10-2-1-3-11(6-10)16-14-9-19-15-7-12(18)4-5-13(14)15/h1-7,14,16-18H,8-9H2. The third-order valence-corrected chi connectivity index (χ3v) is 3.23. The van der Waals surface area contributed by atoms with Crippen molar-refractivity contribution in [1.29, 1.82) is 0 Å². The van der Waals surface area contributed by atoms with Crippen LogP contribution in [-0.4, -0.2) is 16.8 Å². The van der Waals surface area contributed by atoms with E-state index >= 15 is 0 Å². The summed E-state index contributed by atoms with van der Waals surface area (Å²) in [7, 11) is 0. The van der Waals surface area contributed by atoms with Crippen LogP contribution in [0.3, 0.4) is 0 Å². The molecule has 1 unspecified atom stereocenters. The molecule has 4 nitrogen and oxygen atoms in total. The summed E-state index contributed by atoms with van der Waals surface area (Å²) in [5.41, 5.74) is 2.85. The van der Waals surface area contributed by atoms with Crippen molar-refractivity contribution in [3.8, 4) is 11.5 Å². The number of phenolic OH excluding ortho intramolecular Hbond substituents is 1. The van der Waals surface area contributed by atoms with Crippen LogP contribution in [0.15, 0.2) is 42.5 Å². The maximum absolute atomic E-state index is 9.41. The van der Waals surface area contributed by atoms with Gasteiger partial charge in [0.1, 0.15) is 18.1 Å². The Bertz CT molecular complexity index is 598.